The number of amides is 2. The van der Waals surface area contributed by atoms with E-state index in [-0.39, 0.29) is 6.03 Å². The molecule has 2 N–H and O–H groups in total. The summed E-state index contributed by atoms with van der Waals surface area (Å²) in [5, 5.41) is 15.3. The predicted molar refractivity (Wildman–Crippen MR) is 106 cm³/mol. The number of nitrogens with zero attached hydrogens (tertiary/aromatic N) is 4. The van der Waals surface area contributed by atoms with Gasteiger partial charge in [0.25, 0.3) is 0 Å². The maximum absolute atomic E-state index is 12.2. The summed E-state index contributed by atoms with van der Waals surface area (Å²) in [6, 6.07) is 2.03. The lowest BCUT2D eigenvalue weighted by Crippen LogP contribution is -2.52. The van der Waals surface area contributed by atoms with Gasteiger partial charge in [0.15, 0.2) is 10.9 Å². The molecule has 0 spiro atoms. The Morgan fingerprint density at radius 1 is 1.11 bits per heavy atom. The summed E-state index contributed by atoms with van der Waals surface area (Å²) in [5.41, 5.74) is 3.69. The normalized spacial score (nSPS) is 18.6. The highest BCUT2D eigenvalue weighted by Gasteiger charge is 2.29. The van der Waals surface area contributed by atoms with Crippen molar-refractivity contribution in [1.82, 2.24) is 20.5 Å². The Labute approximate surface area is 162 Å². The summed E-state index contributed by atoms with van der Waals surface area (Å²) in [5.74, 6) is 1.43. The molecular weight excluding hydrogens is 360 g/mol. The molecule has 2 aromatic rings. The molecule has 0 aromatic carbocycles. The lowest BCUT2D eigenvalue weighted by molar-refractivity contribution is 0.248. The highest BCUT2D eigenvalue weighted by atomic mass is 32.1. The Morgan fingerprint density at radius 3 is 2.85 bits per heavy atom. The van der Waals surface area contributed by atoms with Crippen LogP contribution in [-0.4, -0.2) is 40.8 Å². The van der Waals surface area contributed by atoms with E-state index < -0.39 is 0 Å². The van der Waals surface area contributed by atoms with Gasteiger partial charge in [-0.1, -0.05) is 0 Å². The molecule has 2 amide bonds. The van der Waals surface area contributed by atoms with Crippen LogP contribution in [0.25, 0.3) is 0 Å². The lowest BCUT2D eigenvalue weighted by Gasteiger charge is -2.40. The van der Waals surface area contributed by atoms with Crippen molar-refractivity contribution in [2.75, 3.05) is 29.9 Å². The third-order valence-electron chi connectivity index (χ3n) is 5.71. The molecule has 1 fully saturated rings. The van der Waals surface area contributed by atoms with Gasteiger partial charge in [0, 0.05) is 30.4 Å². The molecule has 1 saturated heterocycles. The van der Waals surface area contributed by atoms with Crippen LogP contribution >= 0.6 is 11.3 Å². The van der Waals surface area contributed by atoms with Crippen molar-refractivity contribution in [2.24, 2.45) is 5.92 Å². The molecule has 0 atom stereocenters. The molecule has 27 heavy (non-hydrogen) atoms. The van der Waals surface area contributed by atoms with E-state index in [1.807, 2.05) is 0 Å². The molecule has 0 unspecified atom stereocenters. The number of carbonyl (C=O) groups is 1. The summed E-state index contributed by atoms with van der Waals surface area (Å²) in [6.07, 6.45) is 7.95. The number of hydrogen-bond acceptors (Lipinski definition) is 6. The number of thiazole rings is 1. The Balaban J connectivity index is 1.08. The largest absolute Gasteiger partial charge is 0.354 e. The van der Waals surface area contributed by atoms with E-state index >= 15 is 0 Å². The second-order valence-electron chi connectivity index (χ2n) is 7.73. The van der Waals surface area contributed by atoms with E-state index in [9.17, 15) is 4.79 Å². The van der Waals surface area contributed by atoms with Crippen LogP contribution in [0.15, 0.2) is 6.07 Å². The topological polar surface area (TPSA) is 83.0 Å². The third-order valence-corrected chi connectivity index (χ3v) is 6.78. The van der Waals surface area contributed by atoms with Gasteiger partial charge in [0.05, 0.1) is 11.4 Å². The summed E-state index contributed by atoms with van der Waals surface area (Å²) in [6.45, 7) is 2.50. The Morgan fingerprint density at radius 2 is 1.96 bits per heavy atom. The number of urea groups is 1. The fourth-order valence-corrected chi connectivity index (χ4v) is 5.19. The fourth-order valence-electron chi connectivity index (χ4n) is 4.14. The average Bonchev–Trinajstić information content (AvgIpc) is 3.25. The number of aryl methyl sites for hydroxylation is 4. The van der Waals surface area contributed by atoms with Gasteiger partial charge in [-0.2, -0.15) is 5.10 Å². The van der Waals surface area contributed by atoms with Gasteiger partial charge in [0.2, 0.25) is 0 Å². The molecule has 8 heteroatoms. The molecule has 0 radical (unpaired) electrons. The van der Waals surface area contributed by atoms with Crippen molar-refractivity contribution >= 4 is 28.3 Å². The maximum Gasteiger partial charge on any atom is 0.321 e. The minimum atomic E-state index is -0.156. The van der Waals surface area contributed by atoms with Crippen LogP contribution in [0.5, 0.6) is 0 Å². The van der Waals surface area contributed by atoms with E-state index in [2.05, 4.69) is 36.8 Å². The van der Waals surface area contributed by atoms with E-state index in [0.717, 1.165) is 55.4 Å². The van der Waals surface area contributed by atoms with E-state index in [0.29, 0.717) is 12.5 Å². The molecule has 3 aliphatic rings. The van der Waals surface area contributed by atoms with Crippen LogP contribution in [0.1, 0.15) is 41.1 Å². The molecule has 1 aliphatic heterocycles. The first kappa shape index (κ1) is 16.9. The van der Waals surface area contributed by atoms with E-state index in [1.165, 1.54) is 35.4 Å². The SMILES string of the molecule is O=C(NCC1CN(c2cc3c(nn2)CCC3)C1)Nc1nc2c(s1)CCCC2. The smallest absolute Gasteiger partial charge is 0.321 e. The maximum atomic E-state index is 12.2. The van der Waals surface area contributed by atoms with Crippen molar-refractivity contribution in [2.45, 2.75) is 44.9 Å². The Bertz CT molecular complexity index is 836. The molecule has 2 aliphatic carbocycles. The van der Waals surface area contributed by atoms with Gasteiger partial charge in [-0.15, -0.1) is 16.4 Å². The van der Waals surface area contributed by atoms with Gasteiger partial charge in [0.1, 0.15) is 0 Å². The number of anilines is 2. The Kier molecular flexibility index (Phi) is 4.43. The first-order valence-electron chi connectivity index (χ1n) is 9.88. The number of aromatic nitrogens is 3. The fraction of sp³-hybridized carbons (Fsp3) is 0.579. The zero-order valence-electron chi connectivity index (χ0n) is 15.3. The van der Waals surface area contributed by atoms with Crippen molar-refractivity contribution in [3.63, 3.8) is 0 Å². The molecule has 7 nitrogen and oxygen atoms in total. The molecule has 2 aromatic heterocycles. The van der Waals surface area contributed by atoms with Crippen LogP contribution in [0.2, 0.25) is 0 Å². The van der Waals surface area contributed by atoms with Crippen LogP contribution in [0.3, 0.4) is 0 Å². The average molecular weight is 385 g/mol. The monoisotopic (exact) mass is 384 g/mol. The zero-order chi connectivity index (χ0) is 18.2. The highest BCUT2D eigenvalue weighted by Crippen LogP contribution is 2.30. The van der Waals surface area contributed by atoms with Crippen molar-refractivity contribution in [3.8, 4) is 0 Å². The van der Waals surface area contributed by atoms with Gasteiger partial charge in [-0.3, -0.25) is 5.32 Å². The quantitative estimate of drug-likeness (QED) is 0.846. The molecule has 0 bridgehead atoms. The zero-order valence-corrected chi connectivity index (χ0v) is 16.1. The molecule has 142 valence electrons. The summed E-state index contributed by atoms with van der Waals surface area (Å²) in [4.78, 5) is 20.3. The number of fused-ring (bicyclic) bond motifs is 2. The van der Waals surface area contributed by atoms with Crippen LogP contribution in [0, 0.1) is 5.92 Å². The minimum Gasteiger partial charge on any atom is -0.354 e. The van der Waals surface area contributed by atoms with Gasteiger partial charge >= 0.3 is 6.03 Å². The molecular formula is C19H24N6OS. The van der Waals surface area contributed by atoms with Gasteiger partial charge in [-0.05, 0) is 56.6 Å². The first-order valence-corrected chi connectivity index (χ1v) is 10.7. The Hall–Kier alpha value is -2.22. The van der Waals surface area contributed by atoms with Crippen LogP contribution < -0.4 is 15.5 Å². The second-order valence-corrected chi connectivity index (χ2v) is 8.81. The van der Waals surface area contributed by atoms with Crippen molar-refractivity contribution in [3.05, 3.63) is 27.9 Å². The number of hydrogen-bond donors (Lipinski definition) is 2. The molecule has 0 saturated carbocycles. The van der Waals surface area contributed by atoms with Gasteiger partial charge in [-0.25, -0.2) is 9.78 Å². The summed E-state index contributed by atoms with van der Waals surface area (Å²) in [7, 11) is 0. The summed E-state index contributed by atoms with van der Waals surface area (Å²) >= 11 is 1.62. The van der Waals surface area contributed by atoms with Crippen LogP contribution in [-0.2, 0) is 25.7 Å². The number of rotatable bonds is 4. The van der Waals surface area contributed by atoms with Gasteiger partial charge < -0.3 is 10.2 Å². The first-order chi connectivity index (χ1) is 13.2. The summed E-state index contributed by atoms with van der Waals surface area (Å²) < 4.78 is 0. The second kappa shape index (κ2) is 7.07. The number of nitrogens with one attached hydrogen (secondary N) is 2. The minimum absolute atomic E-state index is 0.156. The van der Waals surface area contributed by atoms with E-state index in [1.54, 1.807) is 11.3 Å². The molecule has 5 rings (SSSR count). The lowest BCUT2D eigenvalue weighted by atomic mass is 10.00. The van der Waals surface area contributed by atoms with E-state index in [4.69, 9.17) is 0 Å². The molecule has 3 heterocycles. The van der Waals surface area contributed by atoms with Crippen molar-refractivity contribution < 1.29 is 4.79 Å². The standard InChI is InChI=1S/C19H24N6OS/c26-18(22-19-21-15-5-1-2-7-16(15)27-19)20-9-12-10-25(11-12)17-8-13-4-3-6-14(13)23-24-17/h8,12H,1-7,9-11H2,(H2,20,21,22,26). The van der Waals surface area contributed by atoms with Crippen molar-refractivity contribution in [1.29, 1.82) is 0 Å². The highest BCUT2D eigenvalue weighted by molar-refractivity contribution is 7.15. The van der Waals surface area contributed by atoms with Crippen LogP contribution in [0.4, 0.5) is 15.7 Å². The number of carbonyl (C=O) groups excluding carboxylic acids is 1. The predicted octanol–water partition coefficient (Wildman–Crippen LogP) is 2.56. The third kappa shape index (κ3) is 3.50.